The first kappa shape index (κ1) is 22.7. The topological polar surface area (TPSA) is 70.2 Å². The van der Waals surface area contributed by atoms with E-state index < -0.39 is 0 Å². The summed E-state index contributed by atoms with van der Waals surface area (Å²) in [6.45, 7) is 4.18. The van der Waals surface area contributed by atoms with Crippen LogP contribution in [0.1, 0.15) is 36.9 Å². The Balaban J connectivity index is 0.000000858. The molecule has 7 heteroatoms. The number of rotatable bonds is 5. The van der Waals surface area contributed by atoms with Crippen LogP contribution in [0.5, 0.6) is 0 Å². The Morgan fingerprint density at radius 1 is 1.19 bits per heavy atom. The first-order valence-corrected chi connectivity index (χ1v) is 10.7. The molecule has 1 saturated heterocycles. The zero-order valence-electron chi connectivity index (χ0n) is 19.2. The molecule has 31 heavy (non-hydrogen) atoms. The molecule has 0 saturated carbocycles. The number of hydrogen-bond acceptors (Lipinski definition) is 6. The van der Waals surface area contributed by atoms with Crippen molar-refractivity contribution in [2.24, 2.45) is 7.05 Å². The van der Waals surface area contributed by atoms with E-state index in [2.05, 4.69) is 61.8 Å². The molecule has 1 unspecified atom stereocenters. The standard InChI is InChI=1S/C22H26N6.C2H6O/c1-4-16-11-17(21(13-23)28-9-5-6-10-28)7-8-19(16)27(3)22-12-20-18(14-24-22)25-15-26(20)2;1-3-2/h7-8,11-12,14-15,21H,4-6,9-10H2,1-3H3;1-2H3. The number of anilines is 2. The molecule has 0 amide bonds. The predicted molar refractivity (Wildman–Crippen MR) is 124 cm³/mol. The first-order chi connectivity index (χ1) is 15.0. The highest BCUT2D eigenvalue weighted by Crippen LogP contribution is 2.32. The predicted octanol–water partition coefficient (Wildman–Crippen LogP) is 4.22. The number of pyridine rings is 1. The van der Waals surface area contributed by atoms with Crippen LogP contribution in [0.4, 0.5) is 11.5 Å². The molecule has 0 spiro atoms. The van der Waals surface area contributed by atoms with Crippen molar-refractivity contribution in [1.82, 2.24) is 19.4 Å². The van der Waals surface area contributed by atoms with E-state index in [0.29, 0.717) is 0 Å². The van der Waals surface area contributed by atoms with Crippen molar-refractivity contribution in [3.63, 3.8) is 0 Å². The van der Waals surface area contributed by atoms with Crippen LogP contribution in [0.2, 0.25) is 0 Å². The van der Waals surface area contributed by atoms with Crippen LogP contribution >= 0.6 is 0 Å². The van der Waals surface area contributed by atoms with Crippen LogP contribution in [-0.2, 0) is 18.2 Å². The van der Waals surface area contributed by atoms with Gasteiger partial charge >= 0.3 is 0 Å². The maximum absolute atomic E-state index is 9.75. The highest BCUT2D eigenvalue weighted by molar-refractivity contribution is 5.79. The van der Waals surface area contributed by atoms with Gasteiger partial charge in [-0.3, -0.25) is 4.90 Å². The number of nitriles is 1. The van der Waals surface area contributed by atoms with Crippen LogP contribution in [0.15, 0.2) is 36.8 Å². The van der Waals surface area contributed by atoms with Crippen molar-refractivity contribution in [2.75, 3.05) is 39.3 Å². The Hall–Kier alpha value is -2.95. The molecule has 2 aromatic heterocycles. The van der Waals surface area contributed by atoms with E-state index in [1.807, 2.05) is 31.2 Å². The van der Waals surface area contributed by atoms with Gasteiger partial charge in [0.2, 0.25) is 0 Å². The summed E-state index contributed by atoms with van der Waals surface area (Å²) in [5.74, 6) is 0.884. The summed E-state index contributed by atoms with van der Waals surface area (Å²) in [6, 6.07) is 10.8. The summed E-state index contributed by atoms with van der Waals surface area (Å²) in [5.41, 5.74) is 5.40. The third-order valence-electron chi connectivity index (χ3n) is 5.73. The lowest BCUT2D eigenvalue weighted by molar-refractivity contribution is 0.277. The van der Waals surface area contributed by atoms with Gasteiger partial charge in [0.05, 0.1) is 24.1 Å². The molecule has 4 rings (SSSR count). The van der Waals surface area contributed by atoms with Crippen molar-refractivity contribution < 1.29 is 4.74 Å². The minimum atomic E-state index is -0.156. The zero-order chi connectivity index (χ0) is 22.4. The van der Waals surface area contributed by atoms with E-state index in [1.165, 1.54) is 18.4 Å². The minimum absolute atomic E-state index is 0.156. The highest BCUT2D eigenvalue weighted by atomic mass is 16.4. The lowest BCUT2D eigenvalue weighted by Crippen LogP contribution is -2.24. The van der Waals surface area contributed by atoms with E-state index in [0.717, 1.165) is 47.6 Å². The average molecular weight is 421 g/mol. The lowest BCUT2D eigenvalue weighted by Gasteiger charge is -2.25. The average Bonchev–Trinajstić information content (AvgIpc) is 3.44. The molecule has 164 valence electrons. The normalized spacial score (nSPS) is 14.7. The second-order valence-electron chi connectivity index (χ2n) is 7.87. The van der Waals surface area contributed by atoms with Crippen LogP contribution < -0.4 is 4.90 Å². The number of imidazole rings is 1. The van der Waals surface area contributed by atoms with Crippen molar-refractivity contribution in [1.29, 1.82) is 5.26 Å². The quantitative estimate of drug-likeness (QED) is 0.615. The number of aromatic nitrogens is 3. The summed E-state index contributed by atoms with van der Waals surface area (Å²) in [7, 11) is 7.28. The van der Waals surface area contributed by atoms with Gasteiger partial charge in [-0.15, -0.1) is 0 Å². The van der Waals surface area contributed by atoms with Gasteiger partial charge in [0.15, 0.2) is 0 Å². The van der Waals surface area contributed by atoms with Crippen molar-refractivity contribution in [2.45, 2.75) is 32.2 Å². The summed E-state index contributed by atoms with van der Waals surface area (Å²) < 4.78 is 6.26. The molecular weight excluding hydrogens is 388 g/mol. The third kappa shape index (κ3) is 4.87. The number of aryl methyl sites for hydroxylation is 2. The van der Waals surface area contributed by atoms with Gasteiger partial charge in [0.25, 0.3) is 0 Å². The summed E-state index contributed by atoms with van der Waals surface area (Å²) in [5, 5.41) is 9.75. The number of hydrogen-bond donors (Lipinski definition) is 0. The van der Waals surface area contributed by atoms with E-state index in [9.17, 15) is 5.26 Å². The highest BCUT2D eigenvalue weighted by Gasteiger charge is 2.24. The largest absolute Gasteiger partial charge is 0.388 e. The Kier molecular flexibility index (Phi) is 7.61. The van der Waals surface area contributed by atoms with E-state index >= 15 is 0 Å². The second-order valence-corrected chi connectivity index (χ2v) is 7.87. The molecule has 1 aliphatic heterocycles. The SMILES string of the molecule is CCc1cc(C(C#N)N2CCCC2)ccc1N(C)c1cc2c(cn1)ncn2C.COC. The van der Waals surface area contributed by atoms with E-state index in [-0.39, 0.29) is 6.04 Å². The Morgan fingerprint density at radius 2 is 1.90 bits per heavy atom. The molecule has 0 aliphatic carbocycles. The van der Waals surface area contributed by atoms with Gasteiger partial charge in [0, 0.05) is 40.1 Å². The smallest absolute Gasteiger partial charge is 0.134 e. The van der Waals surface area contributed by atoms with Crippen molar-refractivity contribution >= 4 is 22.5 Å². The minimum Gasteiger partial charge on any atom is -0.388 e. The van der Waals surface area contributed by atoms with Gasteiger partial charge in [-0.2, -0.15) is 5.26 Å². The molecule has 0 N–H and O–H groups in total. The number of benzene rings is 1. The number of fused-ring (bicyclic) bond motifs is 1. The van der Waals surface area contributed by atoms with E-state index in [1.54, 1.807) is 14.2 Å². The van der Waals surface area contributed by atoms with Gasteiger partial charge in [0.1, 0.15) is 17.4 Å². The molecule has 0 radical (unpaired) electrons. The third-order valence-corrected chi connectivity index (χ3v) is 5.73. The van der Waals surface area contributed by atoms with Crippen LogP contribution in [0.25, 0.3) is 11.0 Å². The molecule has 0 bridgehead atoms. The number of ether oxygens (including phenoxy) is 1. The monoisotopic (exact) mass is 420 g/mol. The molecular formula is C24H32N6O. The van der Waals surface area contributed by atoms with E-state index in [4.69, 9.17) is 0 Å². The molecule has 1 fully saturated rings. The number of methoxy groups -OCH3 is 1. The molecule has 1 aromatic carbocycles. The van der Waals surface area contributed by atoms with Gasteiger partial charge < -0.3 is 14.2 Å². The van der Waals surface area contributed by atoms with Crippen molar-refractivity contribution in [3.8, 4) is 6.07 Å². The summed E-state index contributed by atoms with van der Waals surface area (Å²) >= 11 is 0. The molecule has 3 heterocycles. The van der Waals surface area contributed by atoms with Crippen molar-refractivity contribution in [3.05, 3.63) is 47.9 Å². The molecule has 7 nitrogen and oxygen atoms in total. The fourth-order valence-electron chi connectivity index (χ4n) is 4.08. The fraction of sp³-hybridized carbons (Fsp3) is 0.458. The van der Waals surface area contributed by atoms with Crippen LogP contribution in [0, 0.1) is 11.3 Å². The summed E-state index contributed by atoms with van der Waals surface area (Å²) in [6.07, 6.45) is 6.90. The molecule has 1 aliphatic rings. The van der Waals surface area contributed by atoms with Gasteiger partial charge in [-0.1, -0.05) is 19.1 Å². The zero-order valence-corrected chi connectivity index (χ0v) is 19.2. The number of nitrogens with zero attached hydrogens (tertiary/aromatic N) is 6. The Labute approximate surface area is 184 Å². The molecule has 1 atom stereocenters. The lowest BCUT2D eigenvalue weighted by atomic mass is 10.00. The maximum Gasteiger partial charge on any atom is 0.134 e. The second kappa shape index (κ2) is 10.4. The Morgan fingerprint density at radius 3 is 2.55 bits per heavy atom. The van der Waals surface area contributed by atoms with Gasteiger partial charge in [-0.05, 0) is 49.5 Å². The molecule has 3 aromatic rings. The van der Waals surface area contributed by atoms with Gasteiger partial charge in [-0.25, -0.2) is 9.97 Å². The Bertz CT molecular complexity index is 1050. The fourth-order valence-corrected chi connectivity index (χ4v) is 4.08. The first-order valence-electron chi connectivity index (χ1n) is 10.7. The van der Waals surface area contributed by atoms with Crippen LogP contribution in [-0.4, -0.2) is 53.8 Å². The summed E-state index contributed by atoms with van der Waals surface area (Å²) in [4.78, 5) is 13.4. The van der Waals surface area contributed by atoms with Crippen LogP contribution in [0.3, 0.4) is 0 Å². The maximum atomic E-state index is 9.75. The number of likely N-dealkylation sites (tertiary alicyclic amines) is 1.